The van der Waals surface area contributed by atoms with E-state index >= 15 is 0 Å². The molecule has 0 atom stereocenters. The van der Waals surface area contributed by atoms with Crippen molar-refractivity contribution in [1.29, 1.82) is 5.26 Å². The van der Waals surface area contributed by atoms with E-state index in [1.165, 1.54) is 18.2 Å². The zero-order chi connectivity index (χ0) is 10.1. The Morgan fingerprint density at radius 3 is 2.79 bits per heavy atom. The lowest BCUT2D eigenvalue weighted by atomic mass is 10.1. The molecule has 0 unspecified atom stereocenters. The van der Waals surface area contributed by atoms with Crippen molar-refractivity contribution in [1.82, 2.24) is 0 Å². The van der Waals surface area contributed by atoms with Gasteiger partial charge in [0.2, 0.25) is 0 Å². The average molecular weight is 209 g/mol. The molecular weight excluding hydrogens is 204 g/mol. The number of halogens is 2. The molecule has 70 valence electrons. The number of thiophene rings is 1. The van der Waals surface area contributed by atoms with Gasteiger partial charge in [-0.15, -0.1) is 11.3 Å². The van der Waals surface area contributed by atoms with Crippen LogP contribution in [-0.2, 0) is 6.42 Å². The van der Waals surface area contributed by atoms with Crippen LogP contribution in [0.3, 0.4) is 0 Å². The Morgan fingerprint density at radius 1 is 1.29 bits per heavy atom. The molecule has 1 aromatic heterocycles. The first-order chi connectivity index (χ1) is 6.70. The topological polar surface area (TPSA) is 23.8 Å². The second kappa shape index (κ2) is 3.35. The Labute approximate surface area is 83.2 Å². The summed E-state index contributed by atoms with van der Waals surface area (Å²) in [4.78, 5) is 0. The second-order valence-corrected chi connectivity index (χ2v) is 3.90. The minimum Gasteiger partial charge on any atom is -0.207 e. The van der Waals surface area contributed by atoms with Crippen molar-refractivity contribution >= 4 is 21.4 Å². The molecule has 0 fully saturated rings. The third-order valence-corrected chi connectivity index (χ3v) is 2.81. The molecule has 0 N–H and O–H groups in total. The molecule has 14 heavy (non-hydrogen) atoms. The maximum Gasteiger partial charge on any atom is 0.177 e. The molecule has 1 heterocycles. The highest BCUT2D eigenvalue weighted by molar-refractivity contribution is 7.17. The van der Waals surface area contributed by atoms with Crippen LogP contribution in [0, 0.1) is 22.3 Å². The summed E-state index contributed by atoms with van der Waals surface area (Å²) in [5.74, 6) is -0.444. The predicted octanol–water partition coefficient (Wildman–Crippen LogP) is 3.25. The Bertz CT molecular complexity index is 525. The smallest absolute Gasteiger partial charge is 0.177 e. The first-order valence-electron chi connectivity index (χ1n) is 3.95. The number of nitriles is 1. The van der Waals surface area contributed by atoms with Crippen LogP contribution in [0.5, 0.6) is 0 Å². The van der Waals surface area contributed by atoms with Gasteiger partial charge in [-0.25, -0.2) is 4.39 Å². The monoisotopic (exact) mass is 209 g/mol. The number of rotatable bonds is 1. The Hall–Kier alpha value is -1.47. The fourth-order valence-corrected chi connectivity index (χ4v) is 2.09. The maximum absolute atomic E-state index is 13.2. The number of hydrogen-bond acceptors (Lipinski definition) is 2. The summed E-state index contributed by atoms with van der Waals surface area (Å²) in [5, 5.41) is 8.75. The van der Waals surface area contributed by atoms with E-state index in [0.29, 0.717) is 15.6 Å². The zero-order valence-corrected chi connectivity index (χ0v) is 7.87. The van der Waals surface area contributed by atoms with Gasteiger partial charge < -0.3 is 0 Å². The van der Waals surface area contributed by atoms with Gasteiger partial charge in [-0.1, -0.05) is 0 Å². The minimum absolute atomic E-state index is 0.0131. The molecule has 0 spiro atoms. The average Bonchev–Trinajstić information content (AvgIpc) is 2.45. The molecule has 0 saturated heterocycles. The molecule has 0 saturated carbocycles. The number of nitrogens with zero attached hydrogens (tertiary/aromatic N) is 1. The molecule has 2 rings (SSSR count). The maximum atomic E-state index is 13.2. The quantitative estimate of drug-likeness (QED) is 0.707. The van der Waals surface area contributed by atoms with Crippen LogP contribution in [0.2, 0.25) is 0 Å². The normalized spacial score (nSPS) is 10.4. The van der Waals surface area contributed by atoms with Crippen LogP contribution in [0.15, 0.2) is 18.2 Å². The summed E-state index contributed by atoms with van der Waals surface area (Å²) in [5.41, 5.74) is 0.317. The third kappa shape index (κ3) is 1.47. The zero-order valence-electron chi connectivity index (χ0n) is 7.05. The van der Waals surface area contributed by atoms with E-state index in [9.17, 15) is 8.78 Å². The lowest BCUT2D eigenvalue weighted by Crippen LogP contribution is -1.87. The number of fused-ring (bicyclic) bond motifs is 1. The highest BCUT2D eigenvalue weighted by Gasteiger charge is 2.07. The van der Waals surface area contributed by atoms with Gasteiger partial charge in [0, 0.05) is 10.3 Å². The standard InChI is InChI=1S/C10H5F2NS/c11-8-5-9-7(4-10(12)14-9)3-6(8)1-2-13/h3-5H,1H2. The van der Waals surface area contributed by atoms with Crippen LogP contribution in [-0.4, -0.2) is 0 Å². The molecule has 0 amide bonds. The van der Waals surface area contributed by atoms with E-state index in [0.717, 1.165) is 11.3 Å². The number of benzene rings is 1. The predicted molar refractivity (Wildman–Crippen MR) is 51.1 cm³/mol. The lowest BCUT2D eigenvalue weighted by Gasteiger charge is -1.97. The minimum atomic E-state index is -0.444. The van der Waals surface area contributed by atoms with Crippen LogP contribution in [0.4, 0.5) is 8.78 Å². The van der Waals surface area contributed by atoms with E-state index in [-0.39, 0.29) is 11.6 Å². The molecule has 4 heteroatoms. The molecule has 0 aliphatic carbocycles. The fraction of sp³-hybridized carbons (Fsp3) is 0.100. The molecule has 2 aromatic rings. The molecule has 0 bridgehead atoms. The molecule has 0 aliphatic rings. The summed E-state index contributed by atoms with van der Waals surface area (Å²) in [6.45, 7) is 0. The summed E-state index contributed by atoms with van der Waals surface area (Å²) in [6, 6.07) is 6.01. The van der Waals surface area contributed by atoms with Crippen LogP contribution in [0.1, 0.15) is 5.56 Å². The second-order valence-electron chi connectivity index (χ2n) is 2.87. The summed E-state index contributed by atoms with van der Waals surface area (Å²) >= 11 is 0.904. The molecule has 0 radical (unpaired) electrons. The van der Waals surface area contributed by atoms with E-state index in [2.05, 4.69) is 0 Å². The van der Waals surface area contributed by atoms with Crippen LogP contribution >= 0.6 is 11.3 Å². The van der Waals surface area contributed by atoms with Crippen molar-refractivity contribution in [3.8, 4) is 6.07 Å². The van der Waals surface area contributed by atoms with Crippen LogP contribution in [0.25, 0.3) is 10.1 Å². The highest BCUT2D eigenvalue weighted by atomic mass is 32.1. The Morgan fingerprint density at radius 2 is 2.07 bits per heavy atom. The fourth-order valence-electron chi connectivity index (χ4n) is 1.30. The van der Waals surface area contributed by atoms with Crippen molar-refractivity contribution in [2.45, 2.75) is 6.42 Å². The van der Waals surface area contributed by atoms with Crippen LogP contribution < -0.4 is 0 Å². The molecular formula is C10H5F2NS. The lowest BCUT2D eigenvalue weighted by molar-refractivity contribution is 0.617. The van der Waals surface area contributed by atoms with Crippen molar-refractivity contribution in [3.63, 3.8) is 0 Å². The van der Waals surface area contributed by atoms with Gasteiger partial charge in [-0.05, 0) is 23.6 Å². The van der Waals surface area contributed by atoms with Crippen molar-refractivity contribution in [3.05, 3.63) is 34.7 Å². The Kier molecular flexibility index (Phi) is 2.18. The third-order valence-electron chi connectivity index (χ3n) is 1.92. The highest BCUT2D eigenvalue weighted by Crippen LogP contribution is 2.27. The van der Waals surface area contributed by atoms with Crippen molar-refractivity contribution < 1.29 is 8.78 Å². The summed E-state index contributed by atoms with van der Waals surface area (Å²) in [6.07, 6.45) is 0.0131. The molecule has 0 aliphatic heterocycles. The van der Waals surface area contributed by atoms with Gasteiger partial charge >= 0.3 is 0 Å². The summed E-state index contributed by atoms with van der Waals surface area (Å²) < 4.78 is 26.6. The molecule has 1 nitrogen and oxygen atoms in total. The first kappa shape index (κ1) is 9.10. The van der Waals surface area contributed by atoms with Gasteiger partial charge in [0.15, 0.2) is 5.13 Å². The molecule has 1 aromatic carbocycles. The number of hydrogen-bond donors (Lipinski definition) is 0. The van der Waals surface area contributed by atoms with E-state index < -0.39 is 5.82 Å². The first-order valence-corrected chi connectivity index (χ1v) is 4.77. The van der Waals surface area contributed by atoms with Crippen molar-refractivity contribution in [2.75, 3.05) is 0 Å². The van der Waals surface area contributed by atoms with Gasteiger partial charge in [0.05, 0.1) is 12.5 Å². The van der Waals surface area contributed by atoms with E-state index in [1.807, 2.05) is 6.07 Å². The largest absolute Gasteiger partial charge is 0.207 e. The van der Waals surface area contributed by atoms with E-state index in [4.69, 9.17) is 5.26 Å². The van der Waals surface area contributed by atoms with Gasteiger partial charge in [-0.3, -0.25) is 0 Å². The Balaban J connectivity index is 2.65. The van der Waals surface area contributed by atoms with E-state index in [1.54, 1.807) is 0 Å². The summed E-state index contributed by atoms with van der Waals surface area (Å²) in [7, 11) is 0. The van der Waals surface area contributed by atoms with Gasteiger partial charge in [0.25, 0.3) is 0 Å². The van der Waals surface area contributed by atoms with Crippen molar-refractivity contribution in [2.24, 2.45) is 0 Å². The van der Waals surface area contributed by atoms with Gasteiger partial charge in [-0.2, -0.15) is 9.65 Å². The SMILES string of the molecule is N#CCc1cc2cc(F)sc2cc1F. The van der Waals surface area contributed by atoms with Gasteiger partial charge in [0.1, 0.15) is 5.82 Å².